The van der Waals surface area contributed by atoms with Crippen LogP contribution in [0.4, 0.5) is 10.6 Å². The third kappa shape index (κ3) is 2.42. The molecule has 16 heavy (non-hydrogen) atoms. The molecule has 0 unspecified atom stereocenters. The third-order valence-electron chi connectivity index (χ3n) is 1.73. The molecule has 0 aliphatic heterocycles. The molecule has 1 aromatic rings. The van der Waals surface area contributed by atoms with E-state index in [1.165, 1.54) is 17.9 Å². The fourth-order valence-electron chi connectivity index (χ4n) is 1.13. The van der Waals surface area contributed by atoms with Gasteiger partial charge >= 0.3 is 6.03 Å². The standard InChI is InChI=1S/C7H13N5O3S/c1-3-9-7(13)11-16(14,15)6-5(8)10-4-12(6)2/h4H,3,8H2,1-2H3,(H2,9,11,13). The largest absolute Gasteiger partial charge is 0.381 e. The van der Waals surface area contributed by atoms with Gasteiger partial charge in [0, 0.05) is 13.6 Å². The number of imidazole rings is 1. The highest BCUT2D eigenvalue weighted by Gasteiger charge is 2.24. The van der Waals surface area contributed by atoms with Crippen molar-refractivity contribution < 1.29 is 13.2 Å². The second kappa shape index (κ2) is 4.39. The fourth-order valence-corrected chi connectivity index (χ4v) is 2.30. The molecule has 9 heteroatoms. The van der Waals surface area contributed by atoms with Gasteiger partial charge in [0.2, 0.25) is 0 Å². The lowest BCUT2D eigenvalue weighted by Gasteiger charge is -2.07. The molecule has 0 fully saturated rings. The van der Waals surface area contributed by atoms with Crippen molar-refractivity contribution in [2.75, 3.05) is 12.3 Å². The molecular formula is C7H13N5O3S. The molecule has 1 rings (SSSR count). The Bertz CT molecular complexity index is 473. The lowest BCUT2D eigenvalue weighted by molar-refractivity contribution is 0.246. The number of carbonyl (C=O) groups excluding carboxylic acids is 1. The molecule has 0 bridgehead atoms. The van der Waals surface area contributed by atoms with Gasteiger partial charge in [-0.2, -0.15) is 8.42 Å². The Morgan fingerprint density at radius 2 is 2.25 bits per heavy atom. The highest BCUT2D eigenvalue weighted by Crippen LogP contribution is 2.14. The number of hydrogen-bond donors (Lipinski definition) is 3. The van der Waals surface area contributed by atoms with E-state index in [1.807, 2.05) is 4.72 Å². The molecule has 0 saturated heterocycles. The average Bonchev–Trinajstić information content (AvgIpc) is 2.45. The maximum Gasteiger partial charge on any atom is 0.328 e. The molecule has 0 atom stereocenters. The summed E-state index contributed by atoms with van der Waals surface area (Å²) in [6.45, 7) is 1.99. The summed E-state index contributed by atoms with van der Waals surface area (Å²) >= 11 is 0. The van der Waals surface area contributed by atoms with Gasteiger partial charge in [-0.1, -0.05) is 0 Å². The number of amides is 2. The zero-order valence-corrected chi connectivity index (χ0v) is 9.71. The van der Waals surface area contributed by atoms with Crippen molar-refractivity contribution in [3.8, 4) is 0 Å². The van der Waals surface area contributed by atoms with Crippen LogP contribution >= 0.6 is 0 Å². The van der Waals surface area contributed by atoms with Gasteiger partial charge in [-0.05, 0) is 6.92 Å². The van der Waals surface area contributed by atoms with Crippen molar-refractivity contribution in [2.24, 2.45) is 7.05 Å². The second-order valence-corrected chi connectivity index (χ2v) is 4.61. The van der Waals surface area contributed by atoms with E-state index in [-0.39, 0.29) is 10.8 Å². The van der Waals surface area contributed by atoms with E-state index in [0.717, 1.165) is 0 Å². The summed E-state index contributed by atoms with van der Waals surface area (Å²) in [5.41, 5.74) is 5.39. The summed E-state index contributed by atoms with van der Waals surface area (Å²) in [6.07, 6.45) is 1.25. The van der Waals surface area contributed by atoms with Crippen LogP contribution in [0.25, 0.3) is 0 Å². The molecular weight excluding hydrogens is 234 g/mol. The molecule has 0 aliphatic rings. The third-order valence-corrected chi connectivity index (χ3v) is 3.19. The minimum Gasteiger partial charge on any atom is -0.381 e. The number of aryl methyl sites for hydroxylation is 1. The summed E-state index contributed by atoms with van der Waals surface area (Å²) in [6, 6.07) is -0.803. The van der Waals surface area contributed by atoms with Crippen molar-refractivity contribution >= 4 is 21.9 Å². The van der Waals surface area contributed by atoms with Crippen LogP contribution in [0.15, 0.2) is 11.4 Å². The number of sulfonamides is 1. The van der Waals surface area contributed by atoms with Gasteiger partial charge in [0.15, 0.2) is 10.8 Å². The van der Waals surface area contributed by atoms with Crippen molar-refractivity contribution in [1.29, 1.82) is 0 Å². The minimum absolute atomic E-state index is 0.153. The molecule has 0 radical (unpaired) electrons. The van der Waals surface area contributed by atoms with Crippen molar-refractivity contribution in [2.45, 2.75) is 11.9 Å². The number of aromatic nitrogens is 2. The van der Waals surface area contributed by atoms with E-state index in [1.54, 1.807) is 6.92 Å². The Kier molecular flexibility index (Phi) is 3.38. The topological polar surface area (TPSA) is 119 Å². The maximum absolute atomic E-state index is 11.7. The van der Waals surface area contributed by atoms with E-state index >= 15 is 0 Å². The minimum atomic E-state index is -3.99. The highest BCUT2D eigenvalue weighted by atomic mass is 32.2. The lowest BCUT2D eigenvalue weighted by Crippen LogP contribution is -2.40. The average molecular weight is 247 g/mol. The molecule has 4 N–H and O–H groups in total. The molecule has 2 amide bonds. The Hall–Kier alpha value is -1.77. The molecule has 1 aromatic heterocycles. The molecule has 90 valence electrons. The summed E-state index contributed by atoms with van der Waals surface area (Å²) in [5, 5.41) is 2.07. The summed E-state index contributed by atoms with van der Waals surface area (Å²) in [4.78, 5) is 14.7. The fraction of sp³-hybridized carbons (Fsp3) is 0.429. The van der Waals surface area contributed by atoms with E-state index in [9.17, 15) is 13.2 Å². The quantitative estimate of drug-likeness (QED) is 0.633. The van der Waals surface area contributed by atoms with Gasteiger partial charge in [0.25, 0.3) is 10.0 Å². The van der Waals surface area contributed by atoms with Gasteiger partial charge in [-0.3, -0.25) is 0 Å². The van der Waals surface area contributed by atoms with Gasteiger partial charge in [-0.25, -0.2) is 14.5 Å². The van der Waals surface area contributed by atoms with Crippen LogP contribution in [-0.2, 0) is 17.1 Å². The summed E-state index contributed by atoms with van der Waals surface area (Å²) in [7, 11) is -2.52. The van der Waals surface area contributed by atoms with Crippen LogP contribution in [0, 0.1) is 0 Å². The van der Waals surface area contributed by atoms with Gasteiger partial charge < -0.3 is 15.6 Å². The van der Waals surface area contributed by atoms with Crippen LogP contribution in [-0.4, -0.2) is 30.5 Å². The number of urea groups is 1. The van der Waals surface area contributed by atoms with Gasteiger partial charge in [-0.15, -0.1) is 0 Å². The molecule has 0 aromatic carbocycles. The number of carbonyl (C=O) groups is 1. The first-order chi connectivity index (χ1) is 7.38. The van der Waals surface area contributed by atoms with E-state index in [2.05, 4.69) is 10.3 Å². The Balaban J connectivity index is 2.99. The number of nitrogens with one attached hydrogen (secondary N) is 2. The van der Waals surface area contributed by atoms with Crippen molar-refractivity contribution in [3.05, 3.63) is 6.33 Å². The van der Waals surface area contributed by atoms with E-state index in [4.69, 9.17) is 5.73 Å². The van der Waals surface area contributed by atoms with E-state index < -0.39 is 16.1 Å². The lowest BCUT2D eigenvalue weighted by atomic mass is 10.7. The first-order valence-electron chi connectivity index (χ1n) is 4.46. The van der Waals surface area contributed by atoms with Crippen LogP contribution in [0.2, 0.25) is 0 Å². The smallest absolute Gasteiger partial charge is 0.328 e. The number of rotatable bonds is 3. The van der Waals surface area contributed by atoms with Crippen molar-refractivity contribution in [3.63, 3.8) is 0 Å². The zero-order valence-electron chi connectivity index (χ0n) is 8.89. The van der Waals surface area contributed by atoms with Crippen LogP contribution in [0.3, 0.4) is 0 Å². The van der Waals surface area contributed by atoms with Crippen LogP contribution < -0.4 is 15.8 Å². The molecule has 1 heterocycles. The number of nitrogen functional groups attached to an aromatic ring is 1. The Labute approximate surface area is 92.9 Å². The first-order valence-corrected chi connectivity index (χ1v) is 5.94. The maximum atomic E-state index is 11.7. The Morgan fingerprint density at radius 1 is 1.62 bits per heavy atom. The van der Waals surface area contributed by atoms with Crippen LogP contribution in [0.5, 0.6) is 0 Å². The van der Waals surface area contributed by atoms with Crippen molar-refractivity contribution in [1.82, 2.24) is 19.6 Å². The molecule has 0 saturated carbocycles. The van der Waals surface area contributed by atoms with Crippen LogP contribution in [0.1, 0.15) is 6.92 Å². The molecule has 0 aliphatic carbocycles. The molecule has 0 spiro atoms. The number of anilines is 1. The van der Waals surface area contributed by atoms with Gasteiger partial charge in [0.1, 0.15) is 0 Å². The second-order valence-electron chi connectivity index (χ2n) is 3.01. The predicted molar refractivity (Wildman–Crippen MR) is 57.0 cm³/mol. The highest BCUT2D eigenvalue weighted by molar-refractivity contribution is 7.90. The number of nitrogens with zero attached hydrogens (tertiary/aromatic N) is 2. The molecule has 8 nitrogen and oxygen atoms in total. The number of nitrogens with two attached hydrogens (primary N) is 1. The summed E-state index contributed by atoms with van der Waals surface area (Å²) in [5.74, 6) is -0.153. The van der Waals surface area contributed by atoms with Gasteiger partial charge in [0.05, 0.1) is 6.33 Å². The first kappa shape index (κ1) is 12.3. The monoisotopic (exact) mass is 247 g/mol. The normalized spacial score (nSPS) is 11.1. The number of hydrogen-bond acceptors (Lipinski definition) is 5. The zero-order chi connectivity index (χ0) is 12.3. The van der Waals surface area contributed by atoms with E-state index in [0.29, 0.717) is 6.54 Å². The Morgan fingerprint density at radius 3 is 2.69 bits per heavy atom. The predicted octanol–water partition coefficient (Wildman–Crippen LogP) is -0.990. The SMILES string of the molecule is CCNC(=O)NS(=O)(=O)c1c(N)ncn1C. The summed E-state index contributed by atoms with van der Waals surface area (Å²) < 4.78 is 26.5.